The topological polar surface area (TPSA) is 178 Å². The zero-order chi connectivity index (χ0) is 22.7. The Morgan fingerprint density at radius 3 is 2.61 bits per heavy atom. The van der Waals surface area contributed by atoms with Gasteiger partial charge in [-0.25, -0.2) is 8.42 Å². The van der Waals surface area contributed by atoms with Crippen LogP contribution in [0.1, 0.15) is 16.8 Å². The van der Waals surface area contributed by atoms with E-state index >= 15 is 0 Å². The Labute approximate surface area is 180 Å². The first-order valence-corrected chi connectivity index (χ1v) is 11.3. The number of nitrogens with one attached hydrogen (secondary N) is 4. The van der Waals surface area contributed by atoms with Gasteiger partial charge in [0.1, 0.15) is 18.4 Å². The summed E-state index contributed by atoms with van der Waals surface area (Å²) < 4.78 is 30.7. The molecule has 0 saturated carbocycles. The van der Waals surface area contributed by atoms with Crippen molar-refractivity contribution in [3.63, 3.8) is 0 Å². The zero-order valence-electron chi connectivity index (χ0n) is 16.8. The molecule has 0 saturated heterocycles. The molecule has 31 heavy (non-hydrogen) atoms. The third kappa shape index (κ3) is 8.78. The highest BCUT2D eigenvalue weighted by Gasteiger charge is 2.24. The summed E-state index contributed by atoms with van der Waals surface area (Å²) in [6.07, 6.45) is 1.01. The predicted octanol–water partition coefficient (Wildman–Crippen LogP) is -1.90. The molecule has 0 fully saturated rings. The molecule has 172 valence electrons. The first-order valence-electron chi connectivity index (χ1n) is 9.67. The average molecular weight is 458 g/mol. The minimum Gasteiger partial charge on any atom is -0.492 e. The number of benzene rings is 1. The number of ether oxygens (including phenoxy) is 1. The van der Waals surface area contributed by atoms with Gasteiger partial charge in [0.2, 0.25) is 10.0 Å². The Balaban J connectivity index is 1.78. The summed E-state index contributed by atoms with van der Waals surface area (Å²) in [5.41, 5.74) is 0.258. The number of carboxylic acid groups (broad SMARTS) is 1. The number of carbonyl (C=O) groups excluding carboxylic acids is 1. The maximum absolute atomic E-state index is 12.2. The van der Waals surface area contributed by atoms with Crippen molar-refractivity contribution < 1.29 is 33.0 Å². The Morgan fingerprint density at radius 2 is 2.00 bits per heavy atom. The largest absolute Gasteiger partial charge is 0.492 e. The predicted molar refractivity (Wildman–Crippen MR) is 113 cm³/mol. The minimum atomic E-state index is -3.98. The summed E-state index contributed by atoms with van der Waals surface area (Å²) in [6, 6.07) is 4.67. The Bertz CT molecular complexity index is 874. The summed E-state index contributed by atoms with van der Waals surface area (Å²) in [6.45, 7) is 1.52. The number of hydrogen-bond acceptors (Lipinski definition) is 9. The van der Waals surface area contributed by atoms with Gasteiger partial charge in [0.05, 0.1) is 18.9 Å². The lowest BCUT2D eigenvalue weighted by atomic mass is 10.2. The van der Waals surface area contributed by atoms with Crippen LogP contribution in [0, 0.1) is 0 Å². The molecule has 0 radical (unpaired) electrons. The number of rotatable bonds is 12. The Hall–Kier alpha value is -2.90. The van der Waals surface area contributed by atoms with Crippen LogP contribution in [0.25, 0.3) is 0 Å². The second-order valence-electron chi connectivity index (χ2n) is 6.57. The molecule has 6 N–H and O–H groups in total. The van der Waals surface area contributed by atoms with E-state index in [9.17, 15) is 18.0 Å². The second-order valence-corrected chi connectivity index (χ2v) is 8.44. The van der Waals surface area contributed by atoms with Crippen LogP contribution in [0.15, 0.2) is 29.3 Å². The Morgan fingerprint density at radius 1 is 1.26 bits per heavy atom. The molecule has 13 heteroatoms. The number of aliphatic imine (C=N–C) groups is 1. The molecule has 1 atom stereocenters. The summed E-state index contributed by atoms with van der Waals surface area (Å²) in [5.74, 6) is -1.35. The number of carbonyl (C=O) groups is 2. The maximum Gasteiger partial charge on any atom is 0.323 e. The molecule has 2 rings (SSSR count). The lowest BCUT2D eigenvalue weighted by Gasteiger charge is -2.16. The number of guanidine groups is 1. The number of nitrogens with zero attached hydrogens (tertiary/aromatic N) is 1. The van der Waals surface area contributed by atoms with Gasteiger partial charge in [-0.05, 0) is 30.7 Å². The highest BCUT2D eigenvalue weighted by atomic mass is 32.2. The van der Waals surface area contributed by atoms with Crippen LogP contribution in [-0.4, -0.2) is 87.7 Å². The van der Waals surface area contributed by atoms with Gasteiger partial charge in [-0.3, -0.25) is 14.6 Å². The summed E-state index contributed by atoms with van der Waals surface area (Å²) >= 11 is 0. The fraction of sp³-hybridized carbons (Fsp3) is 0.500. The van der Waals surface area contributed by atoms with Crippen molar-refractivity contribution in [3.05, 3.63) is 29.8 Å². The van der Waals surface area contributed by atoms with E-state index in [1.165, 1.54) is 12.1 Å². The molecule has 0 aliphatic carbocycles. The van der Waals surface area contributed by atoms with Crippen LogP contribution in [0.4, 0.5) is 0 Å². The van der Waals surface area contributed by atoms with E-state index in [2.05, 4.69) is 20.9 Å². The van der Waals surface area contributed by atoms with Crippen molar-refractivity contribution in [2.24, 2.45) is 4.99 Å². The van der Waals surface area contributed by atoms with Crippen molar-refractivity contribution in [2.45, 2.75) is 12.5 Å². The number of aliphatic hydroxyl groups excluding tert-OH is 1. The van der Waals surface area contributed by atoms with Crippen LogP contribution in [0.2, 0.25) is 0 Å². The third-order valence-electron chi connectivity index (χ3n) is 4.12. The number of amides is 1. The average Bonchev–Trinajstić information content (AvgIpc) is 2.75. The van der Waals surface area contributed by atoms with Crippen LogP contribution in [-0.2, 0) is 14.8 Å². The van der Waals surface area contributed by atoms with Crippen molar-refractivity contribution in [2.75, 3.05) is 45.1 Å². The Kier molecular flexibility index (Phi) is 9.49. The summed E-state index contributed by atoms with van der Waals surface area (Å²) in [4.78, 5) is 27.7. The first kappa shape index (κ1) is 24.4. The maximum atomic E-state index is 12.2. The van der Waals surface area contributed by atoms with Crippen molar-refractivity contribution in [1.82, 2.24) is 20.7 Å². The molecule has 0 aromatic heterocycles. The number of carboxylic acids is 1. The van der Waals surface area contributed by atoms with Gasteiger partial charge in [-0.1, -0.05) is 0 Å². The van der Waals surface area contributed by atoms with Gasteiger partial charge in [-0.2, -0.15) is 4.72 Å². The molecule has 0 spiro atoms. The molecular weight excluding hydrogens is 430 g/mol. The van der Waals surface area contributed by atoms with E-state index in [1.54, 1.807) is 12.1 Å². The van der Waals surface area contributed by atoms with Gasteiger partial charge >= 0.3 is 5.97 Å². The van der Waals surface area contributed by atoms with E-state index in [0.29, 0.717) is 18.9 Å². The van der Waals surface area contributed by atoms with Gasteiger partial charge in [0.15, 0.2) is 5.96 Å². The highest BCUT2D eigenvalue weighted by molar-refractivity contribution is 7.89. The van der Waals surface area contributed by atoms with Crippen molar-refractivity contribution in [3.8, 4) is 5.75 Å². The molecule has 0 bridgehead atoms. The minimum absolute atomic E-state index is 0.258. The second kappa shape index (κ2) is 12.1. The lowest BCUT2D eigenvalue weighted by molar-refractivity contribution is -0.138. The molecule has 0 unspecified atom stereocenters. The molecule has 1 aromatic carbocycles. The third-order valence-corrected chi connectivity index (χ3v) is 5.49. The van der Waals surface area contributed by atoms with Crippen LogP contribution in [0.5, 0.6) is 5.75 Å². The van der Waals surface area contributed by atoms with Crippen LogP contribution >= 0.6 is 0 Å². The smallest absolute Gasteiger partial charge is 0.323 e. The number of sulfonamides is 1. The molecule has 1 aromatic rings. The van der Waals surface area contributed by atoms with Crippen LogP contribution in [0.3, 0.4) is 0 Å². The molecular formula is C18H27N5O7S. The van der Waals surface area contributed by atoms with Crippen molar-refractivity contribution in [1.29, 1.82) is 0 Å². The normalized spacial score (nSPS) is 14.7. The van der Waals surface area contributed by atoms with E-state index in [-0.39, 0.29) is 5.56 Å². The number of hydrogen-bond donors (Lipinski definition) is 6. The van der Waals surface area contributed by atoms with E-state index in [4.69, 9.17) is 14.9 Å². The fourth-order valence-electron chi connectivity index (χ4n) is 2.56. The van der Waals surface area contributed by atoms with Gasteiger partial charge in [0.25, 0.3) is 5.91 Å². The molecule has 1 aliphatic heterocycles. The van der Waals surface area contributed by atoms with Crippen molar-refractivity contribution >= 4 is 27.9 Å². The first-order chi connectivity index (χ1) is 14.8. The van der Waals surface area contributed by atoms with Gasteiger partial charge < -0.3 is 30.9 Å². The molecule has 1 aliphatic rings. The quantitative estimate of drug-likeness (QED) is 0.196. The number of aliphatic carboxylic acids is 1. The summed E-state index contributed by atoms with van der Waals surface area (Å²) in [7, 11) is -3.98. The monoisotopic (exact) mass is 457 g/mol. The number of aliphatic hydroxyl groups is 1. The lowest BCUT2D eigenvalue weighted by Crippen LogP contribution is -2.49. The van der Waals surface area contributed by atoms with Gasteiger partial charge in [-0.15, -0.1) is 0 Å². The zero-order valence-corrected chi connectivity index (χ0v) is 17.7. The van der Waals surface area contributed by atoms with E-state index in [0.717, 1.165) is 25.5 Å². The standard InChI is InChI=1S/C18H27N5O7S/c24-9-11-31(28,29)23-15(17(26)27)12-22-16(25)13-2-4-14(5-3-13)30-10-8-21-18-19-6-1-7-20-18/h2-5,15,23-24H,1,6-12H2,(H,22,25)(H,26,27)(H2,19,20,21)/t15-/m0/s1. The molecule has 1 amide bonds. The molecule has 1 heterocycles. The SMILES string of the molecule is O=C(NC[C@H](NS(=O)(=O)CCO)C(=O)O)c1ccc(OCCNC2=NCCCN2)cc1. The van der Waals surface area contributed by atoms with Gasteiger partial charge in [0, 0.05) is 25.2 Å². The van der Waals surface area contributed by atoms with Crippen LogP contribution < -0.4 is 25.4 Å². The summed E-state index contributed by atoms with van der Waals surface area (Å²) in [5, 5.41) is 26.5. The molecule has 12 nitrogen and oxygen atoms in total. The van der Waals surface area contributed by atoms with E-state index < -0.39 is 46.8 Å². The fourth-order valence-corrected chi connectivity index (χ4v) is 3.54. The van der Waals surface area contributed by atoms with E-state index in [1.807, 2.05) is 4.72 Å². The highest BCUT2D eigenvalue weighted by Crippen LogP contribution is 2.12.